The van der Waals surface area contributed by atoms with E-state index in [0.717, 1.165) is 25.0 Å². The first-order valence-corrected chi connectivity index (χ1v) is 6.65. The Bertz CT molecular complexity index is 171. The van der Waals surface area contributed by atoms with Crippen molar-refractivity contribution in [1.82, 2.24) is 5.32 Å². The van der Waals surface area contributed by atoms with Gasteiger partial charge in [-0.05, 0) is 38.1 Å². The summed E-state index contributed by atoms with van der Waals surface area (Å²) < 4.78 is 5.47. The van der Waals surface area contributed by atoms with Crippen molar-refractivity contribution in [1.29, 1.82) is 0 Å². The number of rotatable bonds is 5. The smallest absolute Gasteiger partial charge is 0.0509 e. The predicted molar refractivity (Wildman–Crippen MR) is 63.0 cm³/mol. The summed E-state index contributed by atoms with van der Waals surface area (Å²) >= 11 is 0. The maximum Gasteiger partial charge on any atom is 0.0509 e. The van der Waals surface area contributed by atoms with E-state index in [9.17, 15) is 0 Å². The summed E-state index contributed by atoms with van der Waals surface area (Å²) in [7, 11) is 2.11. The average Bonchev–Trinajstić information content (AvgIpc) is 2.90. The van der Waals surface area contributed by atoms with E-state index >= 15 is 0 Å². The van der Waals surface area contributed by atoms with Crippen LogP contribution in [0.15, 0.2) is 0 Å². The van der Waals surface area contributed by atoms with E-state index in [1.54, 1.807) is 0 Å². The molecule has 0 amide bonds. The van der Waals surface area contributed by atoms with Crippen LogP contribution in [0.3, 0.4) is 0 Å². The van der Waals surface area contributed by atoms with E-state index < -0.39 is 0 Å². The second-order valence-corrected chi connectivity index (χ2v) is 5.25. The number of nitrogens with one attached hydrogen (secondary N) is 1. The maximum atomic E-state index is 5.47. The molecule has 1 aliphatic carbocycles. The Kier molecular flexibility index (Phi) is 4.45. The molecule has 0 spiro atoms. The van der Waals surface area contributed by atoms with Crippen molar-refractivity contribution in [2.45, 2.75) is 51.0 Å². The molecule has 0 bridgehead atoms. The standard InChI is InChI=1S/C13H25NO/c1-14-13(12-8-9-15-10-12)7-6-11-4-2-3-5-11/h11-14H,2-10H2,1H3. The van der Waals surface area contributed by atoms with Crippen molar-refractivity contribution in [2.75, 3.05) is 20.3 Å². The van der Waals surface area contributed by atoms with Crippen molar-refractivity contribution >= 4 is 0 Å². The first-order valence-electron chi connectivity index (χ1n) is 6.65. The molecule has 0 aromatic rings. The lowest BCUT2D eigenvalue weighted by Crippen LogP contribution is -2.34. The highest BCUT2D eigenvalue weighted by Crippen LogP contribution is 2.30. The van der Waals surface area contributed by atoms with Crippen LogP contribution in [0.5, 0.6) is 0 Å². The molecule has 1 heterocycles. The molecule has 2 atom stereocenters. The third-order valence-corrected chi connectivity index (χ3v) is 4.27. The second kappa shape index (κ2) is 5.86. The van der Waals surface area contributed by atoms with Gasteiger partial charge in [0.1, 0.15) is 0 Å². The van der Waals surface area contributed by atoms with Crippen LogP contribution in [-0.4, -0.2) is 26.3 Å². The Labute approximate surface area is 93.8 Å². The summed E-state index contributed by atoms with van der Waals surface area (Å²) in [5.74, 6) is 1.81. The van der Waals surface area contributed by atoms with Crippen molar-refractivity contribution in [3.63, 3.8) is 0 Å². The highest BCUT2D eigenvalue weighted by atomic mass is 16.5. The molecular formula is C13H25NO. The van der Waals surface area contributed by atoms with Gasteiger partial charge in [-0.15, -0.1) is 0 Å². The van der Waals surface area contributed by atoms with Crippen LogP contribution >= 0.6 is 0 Å². The zero-order valence-electron chi connectivity index (χ0n) is 10.0. The first kappa shape index (κ1) is 11.4. The zero-order valence-corrected chi connectivity index (χ0v) is 10.0. The van der Waals surface area contributed by atoms with Gasteiger partial charge in [-0.3, -0.25) is 0 Å². The molecule has 1 saturated heterocycles. The third-order valence-electron chi connectivity index (χ3n) is 4.27. The highest BCUT2D eigenvalue weighted by Gasteiger charge is 2.25. The molecule has 88 valence electrons. The van der Waals surface area contributed by atoms with Gasteiger partial charge in [0.25, 0.3) is 0 Å². The molecule has 2 rings (SSSR count). The predicted octanol–water partition coefficient (Wildman–Crippen LogP) is 2.58. The summed E-state index contributed by atoms with van der Waals surface area (Å²) in [5.41, 5.74) is 0. The molecular weight excluding hydrogens is 186 g/mol. The van der Waals surface area contributed by atoms with Gasteiger partial charge in [-0.1, -0.05) is 25.7 Å². The lowest BCUT2D eigenvalue weighted by atomic mass is 9.91. The molecule has 2 aliphatic rings. The summed E-state index contributed by atoms with van der Waals surface area (Å²) in [4.78, 5) is 0. The number of hydrogen-bond donors (Lipinski definition) is 1. The van der Waals surface area contributed by atoms with E-state index in [1.807, 2.05) is 0 Å². The number of ether oxygens (including phenoxy) is 1. The molecule has 1 saturated carbocycles. The van der Waals surface area contributed by atoms with Crippen LogP contribution in [0.1, 0.15) is 44.9 Å². The molecule has 1 N–H and O–H groups in total. The fourth-order valence-corrected chi connectivity index (χ4v) is 3.20. The summed E-state index contributed by atoms with van der Waals surface area (Å²) in [6.45, 7) is 1.96. The van der Waals surface area contributed by atoms with Crippen molar-refractivity contribution in [2.24, 2.45) is 11.8 Å². The van der Waals surface area contributed by atoms with E-state index in [1.165, 1.54) is 44.9 Å². The molecule has 2 unspecified atom stereocenters. The molecule has 2 heteroatoms. The van der Waals surface area contributed by atoms with Crippen molar-refractivity contribution < 1.29 is 4.74 Å². The minimum absolute atomic E-state index is 0.702. The normalized spacial score (nSPS) is 29.8. The molecule has 2 nitrogen and oxygen atoms in total. The molecule has 1 aliphatic heterocycles. The quantitative estimate of drug-likeness (QED) is 0.754. The van der Waals surface area contributed by atoms with Crippen LogP contribution in [0.2, 0.25) is 0 Å². The summed E-state index contributed by atoms with van der Waals surface area (Å²) in [6, 6.07) is 0.702. The summed E-state index contributed by atoms with van der Waals surface area (Å²) in [5, 5.41) is 3.49. The average molecular weight is 211 g/mol. The zero-order chi connectivity index (χ0) is 10.5. The van der Waals surface area contributed by atoms with Crippen molar-refractivity contribution in [3.8, 4) is 0 Å². The Balaban J connectivity index is 1.69. The van der Waals surface area contributed by atoms with Crippen LogP contribution in [-0.2, 0) is 4.74 Å². The van der Waals surface area contributed by atoms with Gasteiger partial charge in [0.2, 0.25) is 0 Å². The van der Waals surface area contributed by atoms with Gasteiger partial charge in [0, 0.05) is 12.6 Å². The van der Waals surface area contributed by atoms with E-state index in [0.29, 0.717) is 6.04 Å². The third kappa shape index (κ3) is 3.18. The van der Waals surface area contributed by atoms with E-state index in [-0.39, 0.29) is 0 Å². The van der Waals surface area contributed by atoms with Gasteiger partial charge in [-0.2, -0.15) is 0 Å². The Hall–Kier alpha value is -0.0800. The summed E-state index contributed by atoms with van der Waals surface area (Å²) in [6.07, 6.45) is 9.96. The fraction of sp³-hybridized carbons (Fsp3) is 1.00. The minimum atomic E-state index is 0.702. The van der Waals surface area contributed by atoms with Crippen LogP contribution < -0.4 is 5.32 Å². The largest absolute Gasteiger partial charge is 0.381 e. The highest BCUT2D eigenvalue weighted by molar-refractivity contribution is 4.80. The second-order valence-electron chi connectivity index (χ2n) is 5.25. The van der Waals surface area contributed by atoms with E-state index in [4.69, 9.17) is 4.74 Å². The van der Waals surface area contributed by atoms with Gasteiger partial charge < -0.3 is 10.1 Å². The van der Waals surface area contributed by atoms with Crippen LogP contribution in [0.25, 0.3) is 0 Å². The van der Waals surface area contributed by atoms with Crippen LogP contribution in [0, 0.1) is 11.8 Å². The van der Waals surface area contributed by atoms with E-state index in [2.05, 4.69) is 12.4 Å². The molecule has 2 fully saturated rings. The van der Waals surface area contributed by atoms with Gasteiger partial charge in [0.15, 0.2) is 0 Å². The molecule has 0 aromatic heterocycles. The molecule has 0 radical (unpaired) electrons. The Morgan fingerprint density at radius 1 is 1.27 bits per heavy atom. The van der Waals surface area contributed by atoms with Crippen LogP contribution in [0.4, 0.5) is 0 Å². The Morgan fingerprint density at radius 3 is 2.67 bits per heavy atom. The van der Waals surface area contributed by atoms with Gasteiger partial charge >= 0.3 is 0 Å². The topological polar surface area (TPSA) is 21.3 Å². The first-order chi connectivity index (χ1) is 7.40. The molecule has 15 heavy (non-hydrogen) atoms. The SMILES string of the molecule is CNC(CCC1CCCC1)C1CCOC1. The van der Waals surface area contributed by atoms with Crippen molar-refractivity contribution in [3.05, 3.63) is 0 Å². The van der Waals surface area contributed by atoms with Gasteiger partial charge in [-0.25, -0.2) is 0 Å². The monoisotopic (exact) mass is 211 g/mol. The Morgan fingerprint density at radius 2 is 2.07 bits per heavy atom. The maximum absolute atomic E-state index is 5.47. The lowest BCUT2D eigenvalue weighted by Gasteiger charge is -2.23. The molecule has 0 aromatic carbocycles. The fourth-order valence-electron chi connectivity index (χ4n) is 3.20. The lowest BCUT2D eigenvalue weighted by molar-refractivity contribution is 0.175. The van der Waals surface area contributed by atoms with Gasteiger partial charge in [0.05, 0.1) is 6.61 Å². The number of hydrogen-bond acceptors (Lipinski definition) is 2. The minimum Gasteiger partial charge on any atom is -0.381 e.